The van der Waals surface area contributed by atoms with E-state index in [1.165, 1.54) is 4.88 Å². The molecule has 0 saturated carbocycles. The molecule has 0 saturated heterocycles. The van der Waals surface area contributed by atoms with E-state index in [2.05, 4.69) is 11.9 Å². The number of pyridine rings is 1. The van der Waals surface area contributed by atoms with Gasteiger partial charge in [0.15, 0.2) is 6.61 Å². The van der Waals surface area contributed by atoms with E-state index in [0.717, 1.165) is 16.5 Å². The van der Waals surface area contributed by atoms with Crippen LogP contribution < -0.4 is 10.3 Å². The molecule has 2 heterocycles. The van der Waals surface area contributed by atoms with Crippen molar-refractivity contribution in [3.63, 3.8) is 0 Å². The molecule has 0 amide bonds. The number of nitrogens with one attached hydrogen (secondary N) is 1. The van der Waals surface area contributed by atoms with E-state index in [0.29, 0.717) is 11.1 Å². The van der Waals surface area contributed by atoms with Crippen molar-refractivity contribution >= 4 is 22.1 Å². The average Bonchev–Trinajstić information content (AvgIpc) is 2.92. The molecule has 0 unspecified atom stereocenters. The lowest BCUT2D eigenvalue weighted by molar-refractivity contribution is 0.368. The second-order valence-corrected chi connectivity index (χ2v) is 5.70. The first-order chi connectivity index (χ1) is 10.2. The van der Waals surface area contributed by atoms with E-state index < -0.39 is 0 Å². The smallest absolute Gasteiger partial charge is 0.255 e. The van der Waals surface area contributed by atoms with Crippen LogP contribution in [0.25, 0.3) is 21.9 Å². The number of aromatic amines is 1. The maximum Gasteiger partial charge on any atom is 0.255 e. The van der Waals surface area contributed by atoms with Crippen LogP contribution in [0.1, 0.15) is 4.88 Å². The van der Waals surface area contributed by atoms with Crippen molar-refractivity contribution in [3.8, 4) is 22.9 Å². The Balaban J connectivity index is 2.21. The van der Waals surface area contributed by atoms with Crippen LogP contribution in [0.2, 0.25) is 0 Å². The summed E-state index contributed by atoms with van der Waals surface area (Å²) in [5.41, 5.74) is 1.95. The number of aryl methyl sites for hydroxylation is 1. The molecular formula is C16H12N2O2S. The summed E-state index contributed by atoms with van der Waals surface area (Å²) in [7, 11) is 0. The number of fused-ring (bicyclic) bond motifs is 1. The van der Waals surface area contributed by atoms with Gasteiger partial charge in [-0.2, -0.15) is 5.26 Å². The van der Waals surface area contributed by atoms with E-state index in [1.807, 2.05) is 23.6 Å². The zero-order chi connectivity index (χ0) is 14.8. The van der Waals surface area contributed by atoms with Gasteiger partial charge in [-0.1, -0.05) is 0 Å². The van der Waals surface area contributed by atoms with Crippen molar-refractivity contribution in [2.45, 2.75) is 6.92 Å². The van der Waals surface area contributed by atoms with Gasteiger partial charge in [0.25, 0.3) is 5.56 Å². The third-order valence-corrected chi connectivity index (χ3v) is 4.17. The zero-order valence-electron chi connectivity index (χ0n) is 11.3. The van der Waals surface area contributed by atoms with Gasteiger partial charge in [0, 0.05) is 16.6 Å². The first-order valence-electron chi connectivity index (χ1n) is 6.40. The van der Waals surface area contributed by atoms with Crippen LogP contribution in [0.4, 0.5) is 0 Å². The number of benzene rings is 1. The van der Waals surface area contributed by atoms with Crippen molar-refractivity contribution < 1.29 is 4.74 Å². The molecule has 2 aromatic heterocycles. The molecule has 0 fully saturated rings. The van der Waals surface area contributed by atoms with E-state index in [1.54, 1.807) is 29.7 Å². The van der Waals surface area contributed by atoms with Crippen LogP contribution in [0.15, 0.2) is 40.6 Å². The summed E-state index contributed by atoms with van der Waals surface area (Å²) in [6.45, 7) is 2.02. The van der Waals surface area contributed by atoms with Crippen LogP contribution in [0.3, 0.4) is 0 Å². The Morgan fingerprint density at radius 3 is 2.86 bits per heavy atom. The van der Waals surface area contributed by atoms with E-state index in [9.17, 15) is 4.79 Å². The lowest BCUT2D eigenvalue weighted by Gasteiger charge is -2.08. The topological polar surface area (TPSA) is 65.9 Å². The summed E-state index contributed by atoms with van der Waals surface area (Å²) in [4.78, 5) is 16.0. The van der Waals surface area contributed by atoms with E-state index >= 15 is 0 Å². The van der Waals surface area contributed by atoms with Gasteiger partial charge < -0.3 is 9.72 Å². The summed E-state index contributed by atoms with van der Waals surface area (Å²) in [6.07, 6.45) is 1.75. The summed E-state index contributed by atoms with van der Waals surface area (Å²) in [5.74, 6) is 0.522. The lowest BCUT2D eigenvalue weighted by Crippen LogP contribution is -2.06. The van der Waals surface area contributed by atoms with E-state index in [-0.39, 0.29) is 12.2 Å². The fraction of sp³-hybridized carbons (Fsp3) is 0.125. The van der Waals surface area contributed by atoms with Crippen molar-refractivity contribution in [1.82, 2.24) is 4.98 Å². The summed E-state index contributed by atoms with van der Waals surface area (Å²) in [6, 6.07) is 9.29. The van der Waals surface area contributed by atoms with E-state index in [4.69, 9.17) is 10.00 Å². The first-order valence-corrected chi connectivity index (χ1v) is 7.28. The Morgan fingerprint density at radius 2 is 2.14 bits per heavy atom. The Hall–Kier alpha value is -2.58. The molecule has 21 heavy (non-hydrogen) atoms. The number of hydrogen-bond acceptors (Lipinski definition) is 4. The molecule has 4 nitrogen and oxygen atoms in total. The molecule has 1 N–H and O–H groups in total. The number of hydrogen-bond donors (Lipinski definition) is 1. The van der Waals surface area contributed by atoms with Crippen LogP contribution >= 0.6 is 11.3 Å². The van der Waals surface area contributed by atoms with Crippen LogP contribution in [-0.2, 0) is 0 Å². The standard InChI is InChI=1S/C16H12N2O2S/c1-10-12(4-7-21-10)15-9-18-16(19)14-8-11(20-6-5-17)2-3-13(14)15/h2-4,7-9H,6H2,1H3,(H,18,19). The Bertz CT molecular complexity index is 903. The Morgan fingerprint density at radius 1 is 1.29 bits per heavy atom. The first kappa shape index (κ1) is 13.4. The normalized spacial score (nSPS) is 10.5. The Kier molecular flexibility index (Phi) is 3.46. The Labute approximate surface area is 125 Å². The number of ether oxygens (including phenoxy) is 1. The monoisotopic (exact) mass is 296 g/mol. The fourth-order valence-corrected chi connectivity index (χ4v) is 3.05. The minimum absolute atomic E-state index is 0.0350. The molecule has 3 aromatic rings. The summed E-state index contributed by atoms with van der Waals surface area (Å²) >= 11 is 1.67. The second kappa shape index (κ2) is 5.43. The SMILES string of the molecule is Cc1sccc1-c1c[nH]c(=O)c2cc(OCC#N)ccc12. The number of thiophene rings is 1. The minimum Gasteiger partial charge on any atom is -0.479 e. The third kappa shape index (κ3) is 2.41. The van der Waals surface area contributed by atoms with Crippen LogP contribution in [0.5, 0.6) is 5.75 Å². The van der Waals surface area contributed by atoms with Crippen molar-refractivity contribution in [2.24, 2.45) is 0 Å². The molecule has 104 valence electrons. The van der Waals surface area contributed by atoms with Gasteiger partial charge in [-0.05, 0) is 47.5 Å². The fourth-order valence-electron chi connectivity index (χ4n) is 2.33. The van der Waals surface area contributed by atoms with Gasteiger partial charge in [-0.15, -0.1) is 11.3 Å². The third-order valence-electron chi connectivity index (χ3n) is 3.33. The highest BCUT2D eigenvalue weighted by Gasteiger charge is 2.10. The average molecular weight is 296 g/mol. The minimum atomic E-state index is -0.163. The van der Waals surface area contributed by atoms with Gasteiger partial charge in [0.1, 0.15) is 11.8 Å². The highest BCUT2D eigenvalue weighted by molar-refractivity contribution is 7.10. The molecule has 3 rings (SSSR count). The maximum atomic E-state index is 12.0. The maximum absolute atomic E-state index is 12.0. The predicted octanol–water partition coefficient (Wildman–Crippen LogP) is 3.47. The van der Waals surface area contributed by atoms with Gasteiger partial charge in [-0.25, -0.2) is 0 Å². The molecule has 0 radical (unpaired) electrons. The lowest BCUT2D eigenvalue weighted by atomic mass is 10.0. The van der Waals surface area contributed by atoms with Crippen LogP contribution in [-0.4, -0.2) is 11.6 Å². The van der Waals surface area contributed by atoms with Crippen molar-refractivity contribution in [2.75, 3.05) is 6.61 Å². The number of nitriles is 1. The van der Waals surface area contributed by atoms with Gasteiger partial charge in [0.2, 0.25) is 0 Å². The number of aromatic nitrogens is 1. The van der Waals surface area contributed by atoms with Gasteiger partial charge >= 0.3 is 0 Å². The molecule has 0 aliphatic heterocycles. The molecule has 0 atom stereocenters. The zero-order valence-corrected chi connectivity index (χ0v) is 12.2. The number of nitrogens with zero attached hydrogens (tertiary/aromatic N) is 1. The van der Waals surface area contributed by atoms with Crippen molar-refractivity contribution in [1.29, 1.82) is 5.26 Å². The quantitative estimate of drug-likeness (QED) is 0.804. The van der Waals surface area contributed by atoms with Gasteiger partial charge in [-0.3, -0.25) is 4.79 Å². The molecule has 1 aromatic carbocycles. The molecule has 0 bridgehead atoms. The molecular weight excluding hydrogens is 284 g/mol. The van der Waals surface area contributed by atoms with Gasteiger partial charge in [0.05, 0.1) is 5.39 Å². The highest BCUT2D eigenvalue weighted by atomic mass is 32.1. The summed E-state index contributed by atoms with van der Waals surface area (Å²) < 4.78 is 5.26. The largest absolute Gasteiger partial charge is 0.479 e. The number of rotatable bonds is 3. The molecule has 0 aliphatic carbocycles. The van der Waals surface area contributed by atoms with Crippen LogP contribution in [0, 0.1) is 18.3 Å². The van der Waals surface area contributed by atoms with Crippen molar-refractivity contribution in [3.05, 3.63) is 51.1 Å². The number of H-pyrrole nitrogens is 1. The molecule has 5 heteroatoms. The summed E-state index contributed by atoms with van der Waals surface area (Å²) in [5, 5.41) is 12.0. The predicted molar refractivity (Wildman–Crippen MR) is 83.7 cm³/mol. The molecule has 0 aliphatic rings. The molecule has 0 spiro atoms. The second-order valence-electron chi connectivity index (χ2n) is 4.58. The highest BCUT2D eigenvalue weighted by Crippen LogP contribution is 2.32.